The van der Waals surface area contributed by atoms with E-state index in [1.165, 1.54) is 29.2 Å². The van der Waals surface area contributed by atoms with Gasteiger partial charge in [-0.25, -0.2) is 8.42 Å². The second kappa shape index (κ2) is 16.0. The summed E-state index contributed by atoms with van der Waals surface area (Å²) in [6, 6.07) is 30.6. The Morgan fingerprint density at radius 1 is 0.851 bits per heavy atom. The van der Waals surface area contributed by atoms with Crippen LogP contribution < -0.4 is 14.4 Å². The SMILES string of the molecule is CCOc1ccccc1N(CC(=O)N(Cc1ccccc1)[C@@H](Cc1ccccc1)C(=O)NC1CCCC1)S(=O)(=O)c1ccc(Cl)cc1. The van der Waals surface area contributed by atoms with Gasteiger partial charge in [-0.15, -0.1) is 0 Å². The minimum atomic E-state index is -4.29. The number of hydrogen-bond donors (Lipinski definition) is 1. The Morgan fingerprint density at radius 2 is 1.45 bits per heavy atom. The Balaban J connectivity index is 1.58. The fraction of sp³-hybridized carbons (Fsp3) is 0.297. The second-order valence-electron chi connectivity index (χ2n) is 11.6. The number of benzene rings is 4. The highest BCUT2D eigenvalue weighted by atomic mass is 35.5. The Kier molecular flexibility index (Phi) is 11.6. The molecule has 0 bridgehead atoms. The first-order valence-corrected chi connectivity index (χ1v) is 17.8. The van der Waals surface area contributed by atoms with Crippen LogP contribution in [-0.2, 0) is 32.6 Å². The highest BCUT2D eigenvalue weighted by Gasteiger charge is 2.36. The molecule has 5 rings (SSSR count). The lowest BCUT2D eigenvalue weighted by Gasteiger charge is -2.34. The summed E-state index contributed by atoms with van der Waals surface area (Å²) in [6.07, 6.45) is 4.11. The number of carbonyl (C=O) groups excluding carboxylic acids is 2. The van der Waals surface area contributed by atoms with Crippen LogP contribution in [0.4, 0.5) is 5.69 Å². The van der Waals surface area contributed by atoms with E-state index in [-0.39, 0.29) is 35.5 Å². The number of rotatable bonds is 14. The van der Waals surface area contributed by atoms with E-state index in [1.54, 1.807) is 31.2 Å². The number of para-hydroxylation sites is 2. The van der Waals surface area contributed by atoms with Crippen molar-refractivity contribution in [2.24, 2.45) is 0 Å². The van der Waals surface area contributed by atoms with Gasteiger partial charge in [-0.3, -0.25) is 13.9 Å². The van der Waals surface area contributed by atoms with Crippen molar-refractivity contribution in [1.82, 2.24) is 10.2 Å². The Morgan fingerprint density at radius 3 is 2.09 bits per heavy atom. The summed E-state index contributed by atoms with van der Waals surface area (Å²) in [7, 11) is -4.29. The molecule has 4 aromatic carbocycles. The third kappa shape index (κ3) is 8.73. The van der Waals surface area contributed by atoms with Gasteiger partial charge in [0.2, 0.25) is 11.8 Å². The zero-order valence-electron chi connectivity index (χ0n) is 26.4. The molecule has 1 atom stereocenters. The zero-order valence-corrected chi connectivity index (χ0v) is 28.0. The monoisotopic (exact) mass is 673 g/mol. The second-order valence-corrected chi connectivity index (χ2v) is 13.9. The van der Waals surface area contributed by atoms with Crippen LogP contribution in [0.3, 0.4) is 0 Å². The van der Waals surface area contributed by atoms with Crippen LogP contribution >= 0.6 is 11.6 Å². The lowest BCUT2D eigenvalue weighted by atomic mass is 10.0. The molecular formula is C37H40ClN3O5S. The van der Waals surface area contributed by atoms with Crippen molar-refractivity contribution in [3.05, 3.63) is 125 Å². The van der Waals surface area contributed by atoms with Crippen LogP contribution in [0.2, 0.25) is 5.02 Å². The third-order valence-electron chi connectivity index (χ3n) is 8.28. The van der Waals surface area contributed by atoms with Crippen LogP contribution in [0.5, 0.6) is 5.75 Å². The standard InChI is InChI=1S/C37H40ClN3O5S/c1-2-46-35-20-12-11-19-33(35)41(47(44,45)32-23-21-30(38)22-24-32)27-36(42)40(26-29-15-7-4-8-16-29)34(25-28-13-5-3-6-14-28)37(43)39-31-17-9-10-18-31/h3-8,11-16,19-24,31,34H,2,9-10,17-18,25-27H2,1H3,(H,39,43)/t34-/m0/s1. The number of ether oxygens (including phenoxy) is 1. The summed E-state index contributed by atoms with van der Waals surface area (Å²) in [4.78, 5) is 30.3. The molecule has 0 heterocycles. The average Bonchev–Trinajstić information content (AvgIpc) is 3.60. The molecule has 1 N–H and O–H groups in total. The van der Waals surface area contributed by atoms with Gasteiger partial charge in [0.25, 0.3) is 10.0 Å². The van der Waals surface area contributed by atoms with Crippen LogP contribution in [-0.4, -0.2) is 50.4 Å². The molecule has 2 amide bonds. The van der Waals surface area contributed by atoms with Crippen LogP contribution in [0, 0.1) is 0 Å². The van der Waals surface area contributed by atoms with E-state index in [0.29, 0.717) is 17.4 Å². The topological polar surface area (TPSA) is 96.0 Å². The number of anilines is 1. The van der Waals surface area contributed by atoms with Gasteiger partial charge in [-0.05, 0) is 67.3 Å². The van der Waals surface area contributed by atoms with Gasteiger partial charge in [0.05, 0.1) is 17.2 Å². The van der Waals surface area contributed by atoms with Gasteiger partial charge >= 0.3 is 0 Å². The number of carbonyl (C=O) groups is 2. The van der Waals surface area contributed by atoms with Crippen molar-refractivity contribution >= 4 is 39.1 Å². The lowest BCUT2D eigenvalue weighted by molar-refractivity contribution is -0.140. The highest BCUT2D eigenvalue weighted by Crippen LogP contribution is 2.33. The summed E-state index contributed by atoms with van der Waals surface area (Å²) < 4.78 is 35.5. The summed E-state index contributed by atoms with van der Waals surface area (Å²) >= 11 is 6.09. The first-order chi connectivity index (χ1) is 22.8. The van der Waals surface area contributed by atoms with E-state index in [4.69, 9.17) is 16.3 Å². The van der Waals surface area contributed by atoms with Crippen molar-refractivity contribution in [2.75, 3.05) is 17.5 Å². The van der Waals surface area contributed by atoms with Gasteiger partial charge in [-0.1, -0.05) is 97.2 Å². The molecule has 0 aromatic heterocycles. The van der Waals surface area contributed by atoms with E-state index in [0.717, 1.165) is 41.1 Å². The Hall–Kier alpha value is -4.34. The van der Waals surface area contributed by atoms with Crippen molar-refractivity contribution in [3.63, 3.8) is 0 Å². The van der Waals surface area contributed by atoms with Gasteiger partial charge in [0.1, 0.15) is 18.3 Å². The van der Waals surface area contributed by atoms with E-state index >= 15 is 0 Å². The molecule has 1 aliphatic carbocycles. The van der Waals surface area contributed by atoms with Crippen molar-refractivity contribution in [3.8, 4) is 5.75 Å². The Labute approximate surface area is 282 Å². The molecule has 0 spiro atoms. The molecule has 0 unspecified atom stereocenters. The molecule has 1 fully saturated rings. The Bertz CT molecular complexity index is 1730. The number of nitrogens with one attached hydrogen (secondary N) is 1. The number of nitrogens with zero attached hydrogens (tertiary/aromatic N) is 2. The number of hydrogen-bond acceptors (Lipinski definition) is 5. The summed E-state index contributed by atoms with van der Waals surface area (Å²) in [5.74, 6) is -0.471. The third-order valence-corrected chi connectivity index (χ3v) is 10.3. The predicted octanol–water partition coefficient (Wildman–Crippen LogP) is 6.63. The number of amides is 2. The molecule has 1 saturated carbocycles. The van der Waals surface area contributed by atoms with E-state index < -0.39 is 28.5 Å². The molecule has 47 heavy (non-hydrogen) atoms. The number of sulfonamides is 1. The normalized spacial score (nSPS) is 13.9. The average molecular weight is 674 g/mol. The van der Waals surface area contributed by atoms with E-state index in [2.05, 4.69) is 5.32 Å². The molecule has 0 radical (unpaired) electrons. The molecule has 1 aliphatic rings. The molecular weight excluding hydrogens is 634 g/mol. The first-order valence-electron chi connectivity index (χ1n) is 15.9. The van der Waals surface area contributed by atoms with Crippen molar-refractivity contribution < 1.29 is 22.7 Å². The minimum absolute atomic E-state index is 0.0320. The smallest absolute Gasteiger partial charge is 0.264 e. The van der Waals surface area contributed by atoms with Gasteiger partial charge in [-0.2, -0.15) is 0 Å². The fourth-order valence-corrected chi connectivity index (χ4v) is 7.44. The lowest BCUT2D eigenvalue weighted by Crippen LogP contribution is -2.54. The molecule has 0 saturated heterocycles. The quantitative estimate of drug-likeness (QED) is 0.162. The van der Waals surface area contributed by atoms with Gasteiger partial charge in [0, 0.05) is 24.0 Å². The largest absolute Gasteiger partial charge is 0.492 e. The highest BCUT2D eigenvalue weighted by molar-refractivity contribution is 7.92. The summed E-state index contributed by atoms with van der Waals surface area (Å²) in [6.45, 7) is 1.64. The molecule has 4 aromatic rings. The maximum Gasteiger partial charge on any atom is 0.264 e. The van der Waals surface area contributed by atoms with E-state index in [1.807, 2.05) is 60.7 Å². The summed E-state index contributed by atoms with van der Waals surface area (Å²) in [5.41, 5.74) is 1.92. The molecule has 8 nitrogen and oxygen atoms in total. The first kappa shape index (κ1) is 34.0. The molecule has 10 heteroatoms. The van der Waals surface area contributed by atoms with Crippen LogP contribution in [0.15, 0.2) is 114 Å². The fourth-order valence-electron chi connectivity index (χ4n) is 5.89. The van der Waals surface area contributed by atoms with Crippen LogP contribution in [0.1, 0.15) is 43.7 Å². The van der Waals surface area contributed by atoms with Gasteiger partial charge < -0.3 is 15.0 Å². The maximum atomic E-state index is 14.7. The van der Waals surface area contributed by atoms with Crippen LogP contribution in [0.25, 0.3) is 0 Å². The minimum Gasteiger partial charge on any atom is -0.492 e. The van der Waals surface area contributed by atoms with Crippen molar-refractivity contribution in [2.45, 2.75) is 62.6 Å². The van der Waals surface area contributed by atoms with Crippen molar-refractivity contribution in [1.29, 1.82) is 0 Å². The molecule has 246 valence electrons. The predicted molar refractivity (Wildman–Crippen MR) is 185 cm³/mol. The van der Waals surface area contributed by atoms with Gasteiger partial charge in [0.15, 0.2) is 0 Å². The summed E-state index contributed by atoms with van der Waals surface area (Å²) in [5, 5.41) is 3.58. The maximum absolute atomic E-state index is 14.7. The number of halogens is 1. The van der Waals surface area contributed by atoms with E-state index in [9.17, 15) is 18.0 Å². The zero-order chi connectivity index (χ0) is 33.2. The molecule has 0 aliphatic heterocycles.